The molecule has 0 aromatic heterocycles. The number of rotatable bonds is 8. The number of aryl methyl sites for hydroxylation is 2. The fourth-order valence-electron chi connectivity index (χ4n) is 3.94. The molecule has 0 unspecified atom stereocenters. The molecular weight excluding hydrogens is 338 g/mol. The van der Waals surface area contributed by atoms with E-state index in [0.29, 0.717) is 12.5 Å². The lowest BCUT2D eigenvalue weighted by molar-refractivity contribution is -0.148. The second-order valence-electron chi connectivity index (χ2n) is 8.27. The van der Waals surface area contributed by atoms with Crippen molar-refractivity contribution in [2.24, 2.45) is 5.92 Å². The highest BCUT2D eigenvalue weighted by Crippen LogP contribution is 2.37. The molecule has 4 heteroatoms. The summed E-state index contributed by atoms with van der Waals surface area (Å²) in [7, 11) is 0. The van der Waals surface area contributed by atoms with Crippen LogP contribution in [0.4, 0.5) is 5.69 Å². The minimum Gasteiger partial charge on any atom is -0.490 e. The van der Waals surface area contributed by atoms with E-state index >= 15 is 0 Å². The molecule has 0 spiro atoms. The molecular formula is C23H37NO3. The normalized spacial score (nSPS) is 23.7. The molecule has 1 fully saturated rings. The Bertz CT molecular complexity index is 620. The van der Waals surface area contributed by atoms with Gasteiger partial charge in [0.1, 0.15) is 11.4 Å². The third-order valence-corrected chi connectivity index (χ3v) is 5.56. The standard InChI is InChI=1S/C23H37NO3/c1-7-12-26-23(11-9-10-16(3)15-23)22(25)24-20-13-17(4)21(18(5)14-20)27-19(6)8-2/h13-14,16,19H,7-12,15H2,1-6H3,(H,24,25)/t16-,19+,23+/m1/s1. The van der Waals surface area contributed by atoms with Gasteiger partial charge in [-0.15, -0.1) is 0 Å². The number of benzene rings is 1. The van der Waals surface area contributed by atoms with Crippen LogP contribution in [-0.2, 0) is 9.53 Å². The minimum atomic E-state index is -0.693. The molecule has 152 valence electrons. The number of nitrogens with one attached hydrogen (secondary N) is 1. The fraction of sp³-hybridized carbons (Fsp3) is 0.696. The topological polar surface area (TPSA) is 47.6 Å². The van der Waals surface area contributed by atoms with Crippen molar-refractivity contribution in [2.75, 3.05) is 11.9 Å². The van der Waals surface area contributed by atoms with Crippen LogP contribution in [0.1, 0.15) is 77.3 Å². The van der Waals surface area contributed by atoms with E-state index in [1.54, 1.807) is 0 Å². The van der Waals surface area contributed by atoms with Gasteiger partial charge >= 0.3 is 0 Å². The molecule has 0 radical (unpaired) electrons. The van der Waals surface area contributed by atoms with Crippen molar-refractivity contribution in [3.63, 3.8) is 0 Å². The van der Waals surface area contributed by atoms with E-state index in [9.17, 15) is 4.79 Å². The molecule has 0 aliphatic heterocycles. The molecule has 1 N–H and O–H groups in total. The lowest BCUT2D eigenvalue weighted by atomic mass is 9.78. The predicted octanol–water partition coefficient (Wildman–Crippen LogP) is 5.79. The van der Waals surface area contributed by atoms with Crippen LogP contribution in [0.25, 0.3) is 0 Å². The fourth-order valence-corrected chi connectivity index (χ4v) is 3.94. The quantitative estimate of drug-likeness (QED) is 0.625. The molecule has 4 nitrogen and oxygen atoms in total. The van der Waals surface area contributed by atoms with Crippen LogP contribution >= 0.6 is 0 Å². The summed E-state index contributed by atoms with van der Waals surface area (Å²) in [5.74, 6) is 1.43. The second-order valence-corrected chi connectivity index (χ2v) is 8.27. The van der Waals surface area contributed by atoms with Gasteiger partial charge in [-0.25, -0.2) is 0 Å². The maximum atomic E-state index is 13.2. The van der Waals surface area contributed by atoms with Gasteiger partial charge in [0.05, 0.1) is 6.10 Å². The first kappa shape index (κ1) is 21.7. The summed E-state index contributed by atoms with van der Waals surface area (Å²) in [5.41, 5.74) is 2.22. The van der Waals surface area contributed by atoms with Crippen LogP contribution in [0.15, 0.2) is 12.1 Å². The number of carbonyl (C=O) groups excluding carboxylic acids is 1. The number of ether oxygens (including phenoxy) is 2. The van der Waals surface area contributed by atoms with E-state index in [-0.39, 0.29) is 12.0 Å². The Morgan fingerprint density at radius 1 is 1.30 bits per heavy atom. The number of carbonyl (C=O) groups is 1. The lowest BCUT2D eigenvalue weighted by Crippen LogP contribution is -2.48. The highest BCUT2D eigenvalue weighted by atomic mass is 16.5. The highest BCUT2D eigenvalue weighted by Gasteiger charge is 2.42. The summed E-state index contributed by atoms with van der Waals surface area (Å²) in [6.45, 7) is 13.2. The maximum absolute atomic E-state index is 13.2. The van der Waals surface area contributed by atoms with Crippen LogP contribution in [0, 0.1) is 19.8 Å². The van der Waals surface area contributed by atoms with Gasteiger partial charge in [0, 0.05) is 12.3 Å². The summed E-state index contributed by atoms with van der Waals surface area (Å²) >= 11 is 0. The van der Waals surface area contributed by atoms with Gasteiger partial charge in [-0.3, -0.25) is 4.79 Å². The van der Waals surface area contributed by atoms with Crippen molar-refractivity contribution in [3.05, 3.63) is 23.3 Å². The molecule has 1 saturated carbocycles. The molecule has 1 aliphatic rings. The molecule has 27 heavy (non-hydrogen) atoms. The first-order valence-corrected chi connectivity index (χ1v) is 10.5. The molecule has 0 bridgehead atoms. The maximum Gasteiger partial charge on any atom is 0.256 e. The molecule has 1 amide bonds. The third kappa shape index (κ3) is 5.47. The van der Waals surface area contributed by atoms with Crippen molar-refractivity contribution in [1.82, 2.24) is 0 Å². The van der Waals surface area contributed by atoms with Gasteiger partial charge in [0.2, 0.25) is 0 Å². The zero-order valence-corrected chi connectivity index (χ0v) is 18.0. The largest absolute Gasteiger partial charge is 0.490 e. The highest BCUT2D eigenvalue weighted by molar-refractivity contribution is 5.97. The summed E-state index contributed by atoms with van der Waals surface area (Å²) < 4.78 is 12.2. The molecule has 0 saturated heterocycles. The van der Waals surface area contributed by atoms with Gasteiger partial charge in [-0.2, -0.15) is 0 Å². The lowest BCUT2D eigenvalue weighted by Gasteiger charge is -2.38. The second kappa shape index (κ2) is 9.59. The number of hydrogen-bond acceptors (Lipinski definition) is 3. The summed E-state index contributed by atoms with van der Waals surface area (Å²) in [5, 5.41) is 3.14. The smallest absolute Gasteiger partial charge is 0.256 e. The van der Waals surface area contributed by atoms with Crippen molar-refractivity contribution in [1.29, 1.82) is 0 Å². The molecule has 3 atom stereocenters. The molecule has 1 aliphatic carbocycles. The van der Waals surface area contributed by atoms with Crippen molar-refractivity contribution in [2.45, 2.75) is 91.8 Å². The summed E-state index contributed by atoms with van der Waals surface area (Å²) in [4.78, 5) is 13.2. The van der Waals surface area contributed by atoms with E-state index in [0.717, 1.165) is 54.7 Å². The van der Waals surface area contributed by atoms with Crippen molar-refractivity contribution < 1.29 is 14.3 Å². The predicted molar refractivity (Wildman–Crippen MR) is 112 cm³/mol. The molecule has 1 aromatic rings. The Hall–Kier alpha value is -1.55. The van der Waals surface area contributed by atoms with Crippen LogP contribution < -0.4 is 10.1 Å². The van der Waals surface area contributed by atoms with Crippen molar-refractivity contribution >= 4 is 11.6 Å². The monoisotopic (exact) mass is 375 g/mol. The zero-order chi connectivity index (χ0) is 20.0. The van der Waals surface area contributed by atoms with Gasteiger partial charge in [-0.05, 0) is 82.1 Å². The van der Waals surface area contributed by atoms with Crippen molar-refractivity contribution in [3.8, 4) is 5.75 Å². The number of hydrogen-bond donors (Lipinski definition) is 1. The average Bonchev–Trinajstić information content (AvgIpc) is 2.62. The molecule has 1 aromatic carbocycles. The van der Waals surface area contributed by atoms with Gasteiger partial charge in [-0.1, -0.05) is 27.2 Å². The van der Waals surface area contributed by atoms with Crippen LogP contribution in [0.5, 0.6) is 5.75 Å². The van der Waals surface area contributed by atoms with Crippen LogP contribution in [0.2, 0.25) is 0 Å². The van der Waals surface area contributed by atoms with E-state index in [2.05, 4.69) is 33.0 Å². The first-order valence-electron chi connectivity index (χ1n) is 10.5. The molecule has 0 heterocycles. The Labute approximate surface area is 165 Å². The Morgan fingerprint density at radius 3 is 2.52 bits per heavy atom. The summed E-state index contributed by atoms with van der Waals surface area (Å²) in [6.07, 6.45) is 5.87. The average molecular weight is 376 g/mol. The van der Waals surface area contributed by atoms with E-state index in [1.165, 1.54) is 6.42 Å². The van der Waals surface area contributed by atoms with E-state index in [4.69, 9.17) is 9.47 Å². The summed E-state index contributed by atoms with van der Waals surface area (Å²) in [6, 6.07) is 4.00. The third-order valence-electron chi connectivity index (χ3n) is 5.56. The minimum absolute atomic E-state index is 0.00288. The number of amides is 1. The Kier molecular flexibility index (Phi) is 7.72. The van der Waals surface area contributed by atoms with E-state index < -0.39 is 5.60 Å². The van der Waals surface area contributed by atoms with Gasteiger partial charge in [0.15, 0.2) is 0 Å². The zero-order valence-electron chi connectivity index (χ0n) is 18.0. The van der Waals surface area contributed by atoms with Crippen LogP contribution in [0.3, 0.4) is 0 Å². The van der Waals surface area contributed by atoms with E-state index in [1.807, 2.05) is 26.0 Å². The first-order chi connectivity index (χ1) is 12.8. The SMILES string of the molecule is CCCO[C@@]1(C(=O)Nc2cc(C)c(O[C@@H](C)CC)c(C)c2)CCC[C@@H](C)C1. The molecule has 2 rings (SSSR count). The van der Waals surface area contributed by atoms with Crippen LogP contribution in [-0.4, -0.2) is 24.2 Å². The Morgan fingerprint density at radius 2 is 1.96 bits per heavy atom. The number of anilines is 1. The van der Waals surface area contributed by atoms with Gasteiger partial charge in [0.25, 0.3) is 5.91 Å². The Balaban J connectivity index is 2.19. The van der Waals surface area contributed by atoms with Gasteiger partial charge < -0.3 is 14.8 Å².